The number of rotatable bonds is 4. The number of aliphatic hydroxyl groups is 2. The number of aliphatic hydroxyl groups excluding tert-OH is 2. The molecule has 1 saturated carbocycles. The number of benzene rings is 1. The Kier molecular flexibility index (Phi) is 9.44. The minimum atomic E-state index is -1.38. The topological polar surface area (TPSA) is 119 Å². The fraction of sp³-hybridized carbons (Fsp3) is 0.581. The molecule has 8 atom stereocenters. The van der Waals surface area contributed by atoms with E-state index in [1.165, 1.54) is 13.8 Å². The molecule has 0 amide bonds. The monoisotopic (exact) mass is 542 g/mol. The summed E-state index contributed by atoms with van der Waals surface area (Å²) in [6.07, 6.45) is 2.23. The quantitative estimate of drug-likeness (QED) is 0.327. The molecule has 1 aromatic carbocycles. The highest BCUT2D eigenvalue weighted by molar-refractivity contribution is 5.89. The summed E-state index contributed by atoms with van der Waals surface area (Å²) in [5, 5.41) is 22.0. The molecule has 0 aromatic heterocycles. The number of esters is 3. The molecule has 39 heavy (non-hydrogen) atoms. The van der Waals surface area contributed by atoms with Gasteiger partial charge in [0.2, 0.25) is 0 Å². The highest BCUT2D eigenvalue weighted by atomic mass is 16.6. The Balaban J connectivity index is 2.22. The molecule has 0 aliphatic heterocycles. The van der Waals surface area contributed by atoms with Crippen molar-refractivity contribution in [3.63, 3.8) is 0 Å². The number of ether oxygens (including phenoxy) is 3. The van der Waals surface area contributed by atoms with Crippen LogP contribution in [0.5, 0.6) is 0 Å². The van der Waals surface area contributed by atoms with Crippen molar-refractivity contribution in [1.82, 2.24) is 0 Å². The predicted molar refractivity (Wildman–Crippen MR) is 145 cm³/mol. The standard InChI is InChI=1S/C31H42O8/c1-18-13-14-30(6,7)26(35)16-25(34)19(2)15-24-27(38-29(36)23-11-9-8-10-12-23)20(3)17-31(24,39-22(5)33)28(18)37-21(4)32/h8-15,18,20,24-28,34-35H,16-17H2,1-7H3. The van der Waals surface area contributed by atoms with Crippen LogP contribution in [0.1, 0.15) is 71.7 Å². The van der Waals surface area contributed by atoms with Crippen LogP contribution in [0.4, 0.5) is 0 Å². The molecule has 0 heterocycles. The molecule has 2 N–H and O–H groups in total. The highest BCUT2D eigenvalue weighted by Crippen LogP contribution is 2.51. The van der Waals surface area contributed by atoms with Crippen molar-refractivity contribution in [1.29, 1.82) is 0 Å². The lowest BCUT2D eigenvalue weighted by Crippen LogP contribution is -2.55. The van der Waals surface area contributed by atoms with Crippen molar-refractivity contribution < 1.29 is 38.8 Å². The van der Waals surface area contributed by atoms with E-state index in [1.807, 2.05) is 39.8 Å². The molecule has 0 spiro atoms. The normalized spacial score (nSPS) is 34.5. The van der Waals surface area contributed by atoms with Crippen molar-refractivity contribution >= 4 is 17.9 Å². The largest absolute Gasteiger partial charge is 0.458 e. The molecule has 0 saturated heterocycles. The smallest absolute Gasteiger partial charge is 0.338 e. The summed E-state index contributed by atoms with van der Waals surface area (Å²) in [7, 11) is 0. The number of hydrogen-bond donors (Lipinski definition) is 2. The molecule has 0 radical (unpaired) electrons. The fourth-order valence-electron chi connectivity index (χ4n) is 5.86. The van der Waals surface area contributed by atoms with Gasteiger partial charge in [-0.2, -0.15) is 0 Å². The van der Waals surface area contributed by atoms with E-state index < -0.39 is 65.2 Å². The van der Waals surface area contributed by atoms with Crippen LogP contribution < -0.4 is 0 Å². The summed E-state index contributed by atoms with van der Waals surface area (Å²) in [6.45, 7) is 11.8. The maximum Gasteiger partial charge on any atom is 0.338 e. The highest BCUT2D eigenvalue weighted by Gasteiger charge is 2.62. The second kappa shape index (κ2) is 12.0. The molecule has 8 heteroatoms. The van der Waals surface area contributed by atoms with Crippen molar-refractivity contribution in [3.8, 4) is 0 Å². The van der Waals surface area contributed by atoms with Gasteiger partial charge in [0.05, 0.1) is 23.7 Å². The second-order valence-corrected chi connectivity index (χ2v) is 11.7. The van der Waals surface area contributed by atoms with Gasteiger partial charge >= 0.3 is 17.9 Å². The van der Waals surface area contributed by atoms with E-state index in [-0.39, 0.29) is 18.8 Å². The number of carbonyl (C=O) groups is 3. The summed E-state index contributed by atoms with van der Waals surface area (Å²) >= 11 is 0. The Morgan fingerprint density at radius 2 is 1.62 bits per heavy atom. The Bertz CT molecular complexity index is 1110. The third-order valence-electron chi connectivity index (χ3n) is 8.06. The van der Waals surface area contributed by atoms with Crippen molar-refractivity contribution in [3.05, 3.63) is 59.7 Å². The maximum atomic E-state index is 13.2. The van der Waals surface area contributed by atoms with E-state index in [1.54, 1.807) is 43.3 Å². The van der Waals surface area contributed by atoms with Crippen LogP contribution in [-0.4, -0.2) is 58.1 Å². The van der Waals surface area contributed by atoms with Crippen LogP contribution in [0.2, 0.25) is 0 Å². The first-order valence-electron chi connectivity index (χ1n) is 13.5. The van der Waals surface area contributed by atoms with E-state index in [4.69, 9.17) is 14.2 Å². The van der Waals surface area contributed by atoms with Gasteiger partial charge in [0.25, 0.3) is 0 Å². The molecule has 0 bridgehead atoms. The van der Waals surface area contributed by atoms with Crippen LogP contribution in [0.3, 0.4) is 0 Å². The number of fused-ring (bicyclic) bond motifs is 1. The van der Waals surface area contributed by atoms with Crippen molar-refractivity contribution in [2.75, 3.05) is 0 Å². The summed E-state index contributed by atoms with van der Waals surface area (Å²) < 4.78 is 18.1. The van der Waals surface area contributed by atoms with E-state index in [0.717, 1.165) is 0 Å². The van der Waals surface area contributed by atoms with Gasteiger partial charge in [-0.3, -0.25) is 9.59 Å². The third kappa shape index (κ3) is 6.79. The molecule has 2 aliphatic carbocycles. The third-order valence-corrected chi connectivity index (χ3v) is 8.06. The maximum absolute atomic E-state index is 13.2. The lowest BCUT2D eigenvalue weighted by atomic mass is 9.75. The predicted octanol–water partition coefficient (Wildman–Crippen LogP) is 4.39. The number of hydrogen-bond acceptors (Lipinski definition) is 8. The summed E-state index contributed by atoms with van der Waals surface area (Å²) in [5.41, 5.74) is -1.17. The van der Waals surface area contributed by atoms with Crippen LogP contribution in [0.25, 0.3) is 0 Å². The molecular weight excluding hydrogens is 500 g/mol. The van der Waals surface area contributed by atoms with Crippen LogP contribution in [-0.2, 0) is 23.8 Å². The summed E-state index contributed by atoms with van der Waals surface area (Å²) in [4.78, 5) is 38.2. The van der Waals surface area contributed by atoms with Gasteiger partial charge in [0.15, 0.2) is 5.60 Å². The first kappa shape index (κ1) is 30.6. The lowest BCUT2D eigenvalue weighted by molar-refractivity contribution is -0.195. The van der Waals surface area contributed by atoms with E-state index >= 15 is 0 Å². The molecule has 2 aliphatic rings. The minimum absolute atomic E-state index is 0.0821. The first-order valence-corrected chi connectivity index (χ1v) is 13.5. The van der Waals surface area contributed by atoms with E-state index in [9.17, 15) is 24.6 Å². The Morgan fingerprint density at radius 1 is 0.974 bits per heavy atom. The number of carbonyl (C=O) groups excluding carboxylic acids is 3. The average molecular weight is 543 g/mol. The average Bonchev–Trinajstić information content (AvgIpc) is 3.10. The zero-order chi connectivity index (χ0) is 29.1. The van der Waals surface area contributed by atoms with Gasteiger partial charge in [0.1, 0.15) is 12.2 Å². The Morgan fingerprint density at radius 3 is 2.21 bits per heavy atom. The lowest BCUT2D eigenvalue weighted by Gasteiger charge is -2.43. The molecular formula is C31H42O8. The fourth-order valence-corrected chi connectivity index (χ4v) is 5.86. The van der Waals surface area contributed by atoms with Gasteiger partial charge in [-0.25, -0.2) is 4.79 Å². The first-order chi connectivity index (χ1) is 18.2. The van der Waals surface area contributed by atoms with Crippen molar-refractivity contribution in [2.45, 2.75) is 91.3 Å². The van der Waals surface area contributed by atoms with Gasteiger partial charge in [-0.15, -0.1) is 0 Å². The van der Waals surface area contributed by atoms with Crippen molar-refractivity contribution in [2.24, 2.45) is 23.2 Å². The van der Waals surface area contributed by atoms with Crippen LogP contribution >= 0.6 is 0 Å². The molecule has 1 fully saturated rings. The molecule has 214 valence electrons. The summed E-state index contributed by atoms with van der Waals surface area (Å²) in [5.74, 6) is -3.11. The Labute approximate surface area is 231 Å². The molecule has 8 unspecified atom stereocenters. The molecule has 3 rings (SSSR count). The van der Waals surface area contributed by atoms with E-state index in [0.29, 0.717) is 11.1 Å². The van der Waals surface area contributed by atoms with Gasteiger partial charge < -0.3 is 24.4 Å². The SMILES string of the molecule is CC(=O)OC1C(C)C=CC(C)(C)C(O)CC(O)C(C)=CC2C(OC(=O)c3ccccc3)C(C)CC21OC(C)=O. The zero-order valence-electron chi connectivity index (χ0n) is 23.9. The second-order valence-electron chi connectivity index (χ2n) is 11.7. The Hall–Kier alpha value is -2.97. The molecule has 1 aromatic rings. The zero-order valence-corrected chi connectivity index (χ0v) is 23.9. The minimum Gasteiger partial charge on any atom is -0.458 e. The molecule has 8 nitrogen and oxygen atoms in total. The van der Waals surface area contributed by atoms with Crippen LogP contribution in [0, 0.1) is 23.2 Å². The van der Waals surface area contributed by atoms with Gasteiger partial charge in [-0.1, -0.05) is 64.1 Å². The van der Waals surface area contributed by atoms with Gasteiger partial charge in [0, 0.05) is 31.6 Å². The van der Waals surface area contributed by atoms with Crippen LogP contribution in [0.15, 0.2) is 54.1 Å². The summed E-state index contributed by atoms with van der Waals surface area (Å²) in [6, 6.07) is 8.60. The van der Waals surface area contributed by atoms with Gasteiger partial charge in [-0.05, 0) is 37.0 Å². The van der Waals surface area contributed by atoms with E-state index in [2.05, 4.69) is 0 Å².